The van der Waals surface area contributed by atoms with Crippen LogP contribution in [0.15, 0.2) is 55.0 Å². The summed E-state index contributed by atoms with van der Waals surface area (Å²) in [5.41, 5.74) is 2.20. The number of fused-ring (bicyclic) bond motifs is 1. The van der Waals surface area contributed by atoms with Crippen molar-refractivity contribution >= 4 is 39.4 Å². The maximum atomic E-state index is 13.1. The van der Waals surface area contributed by atoms with Crippen molar-refractivity contribution < 1.29 is 19.5 Å². The summed E-state index contributed by atoms with van der Waals surface area (Å²) in [6, 6.07) is 11.6. The molecule has 3 heterocycles. The summed E-state index contributed by atoms with van der Waals surface area (Å²) in [5.74, 6) is -0.102. The second kappa shape index (κ2) is 6.62. The van der Waals surface area contributed by atoms with Gasteiger partial charge in [-0.05, 0) is 17.3 Å². The lowest BCUT2D eigenvalue weighted by Crippen LogP contribution is -2.86. The van der Waals surface area contributed by atoms with Crippen LogP contribution in [0.5, 0.6) is 0 Å². The lowest BCUT2D eigenvalue weighted by Gasteiger charge is -2.12. The van der Waals surface area contributed by atoms with Gasteiger partial charge in [0.15, 0.2) is 16.7 Å². The number of nitrogens with two attached hydrogens (primary N) is 1. The average Bonchev–Trinajstić information content (AvgIpc) is 3.33. The molecule has 130 valence electrons. The lowest BCUT2D eigenvalue weighted by molar-refractivity contribution is -0.580. The number of para-hydroxylation sites is 1. The van der Waals surface area contributed by atoms with Gasteiger partial charge in [0.1, 0.15) is 5.78 Å². The van der Waals surface area contributed by atoms with E-state index in [9.17, 15) is 9.59 Å². The van der Waals surface area contributed by atoms with Crippen molar-refractivity contribution in [3.63, 3.8) is 0 Å². The molecular formula is C19H16N4O2S. The zero-order chi connectivity index (χ0) is 18.1. The van der Waals surface area contributed by atoms with Crippen molar-refractivity contribution in [2.45, 2.75) is 0 Å². The fourth-order valence-corrected chi connectivity index (χ4v) is 3.80. The minimum Gasteiger partial charge on any atom is -0.345 e. The van der Waals surface area contributed by atoms with Crippen LogP contribution in [0.25, 0.3) is 10.9 Å². The topological polar surface area (TPSA) is 79.6 Å². The summed E-state index contributed by atoms with van der Waals surface area (Å²) in [6.07, 6.45) is 5.10. The number of hydrogen-bond acceptors (Lipinski definition) is 3. The summed E-state index contributed by atoms with van der Waals surface area (Å²) in [5, 5.41) is 8.06. The molecule has 0 saturated heterocycles. The van der Waals surface area contributed by atoms with Crippen molar-refractivity contribution in [2.24, 2.45) is 0 Å². The van der Waals surface area contributed by atoms with E-state index in [4.69, 9.17) is 0 Å². The first-order valence-corrected chi connectivity index (χ1v) is 8.93. The molecular weight excluding hydrogens is 348 g/mol. The van der Waals surface area contributed by atoms with Gasteiger partial charge in [0.25, 0.3) is 5.37 Å². The maximum Gasteiger partial charge on any atom is 0.440 e. The standard InChI is InChI=1S/C19H16N4O2S/c1-20-19(25)23-10-14(13-6-2-3-7-16(13)23)17(24)15-11-26-18(22-15)12-5-4-8-21-9-12/h2-11H,22H2,1H3,(H,20,25). The summed E-state index contributed by atoms with van der Waals surface area (Å²) in [7, 11) is 1.57. The molecule has 0 atom stereocenters. The zero-order valence-corrected chi connectivity index (χ0v) is 14.8. The first kappa shape index (κ1) is 16.3. The normalized spacial score (nSPS) is 13.4. The largest absolute Gasteiger partial charge is 0.440 e. The molecule has 0 unspecified atom stereocenters. The van der Waals surface area contributed by atoms with Gasteiger partial charge in [-0.3, -0.25) is 5.32 Å². The van der Waals surface area contributed by atoms with Crippen molar-refractivity contribution in [1.82, 2.24) is 10.3 Å². The number of pyridine rings is 1. The Morgan fingerprint density at radius 3 is 2.92 bits per heavy atom. The van der Waals surface area contributed by atoms with Gasteiger partial charge in [0, 0.05) is 6.20 Å². The minimum absolute atomic E-state index is 0.102. The average molecular weight is 364 g/mol. The highest BCUT2D eigenvalue weighted by Crippen LogP contribution is 2.20. The van der Waals surface area contributed by atoms with Gasteiger partial charge >= 0.3 is 6.03 Å². The lowest BCUT2D eigenvalue weighted by atomic mass is 10.0. The Balaban J connectivity index is 1.65. The number of amides is 1. The predicted molar refractivity (Wildman–Crippen MR) is 99.1 cm³/mol. The summed E-state index contributed by atoms with van der Waals surface area (Å²) < 4.78 is 1.47. The molecule has 3 N–H and O–H groups in total. The summed E-state index contributed by atoms with van der Waals surface area (Å²) >= 11 is 1.50. The third-order valence-electron chi connectivity index (χ3n) is 4.20. The summed E-state index contributed by atoms with van der Waals surface area (Å²) in [6.45, 7) is 0. The van der Waals surface area contributed by atoms with Gasteiger partial charge in [-0.2, -0.15) is 0 Å². The van der Waals surface area contributed by atoms with Gasteiger partial charge in [-0.15, -0.1) is 24.3 Å². The van der Waals surface area contributed by atoms with E-state index >= 15 is 0 Å². The number of aromatic nitrogens is 2. The van der Waals surface area contributed by atoms with E-state index in [0.717, 1.165) is 16.3 Å². The van der Waals surface area contributed by atoms with Crippen LogP contribution in [-0.4, -0.2) is 29.2 Å². The molecule has 0 spiro atoms. The van der Waals surface area contributed by atoms with Crippen LogP contribution < -0.4 is 15.2 Å². The molecule has 0 radical (unpaired) electrons. The van der Waals surface area contributed by atoms with Crippen LogP contribution in [-0.2, 0) is 11.4 Å². The van der Waals surface area contributed by atoms with Crippen molar-refractivity contribution in [3.8, 4) is 0 Å². The Labute approximate surface area is 154 Å². The highest BCUT2D eigenvalue weighted by molar-refractivity contribution is 7.81. The fourth-order valence-electron chi connectivity index (χ4n) is 2.92. The van der Waals surface area contributed by atoms with Crippen molar-refractivity contribution in [2.75, 3.05) is 7.05 Å². The number of benzene rings is 1. The highest BCUT2D eigenvalue weighted by atomic mass is 32.1. The second-order valence-corrected chi connectivity index (χ2v) is 6.67. The van der Waals surface area contributed by atoms with E-state index in [0.29, 0.717) is 17.1 Å². The van der Waals surface area contributed by atoms with E-state index in [1.54, 1.807) is 25.6 Å². The number of carbonyl (C=O) groups is 2. The first-order chi connectivity index (χ1) is 12.7. The van der Waals surface area contributed by atoms with Crippen LogP contribution in [0.2, 0.25) is 0 Å². The van der Waals surface area contributed by atoms with Gasteiger partial charge in [0.05, 0.1) is 18.6 Å². The second-order valence-electron chi connectivity index (χ2n) is 5.76. The van der Waals surface area contributed by atoms with Gasteiger partial charge < -0.3 is 15.1 Å². The quantitative estimate of drug-likeness (QED) is 0.228. The molecule has 1 aromatic carbocycles. The van der Waals surface area contributed by atoms with Crippen LogP contribution >= 0.6 is 0 Å². The summed E-state index contributed by atoms with van der Waals surface area (Å²) in [4.78, 5) is 29.3. The van der Waals surface area contributed by atoms with Gasteiger partial charge in [-0.25, -0.2) is 9.36 Å². The highest BCUT2D eigenvalue weighted by Gasteiger charge is 2.33. The molecule has 26 heavy (non-hydrogen) atoms. The molecule has 0 bridgehead atoms. The van der Waals surface area contributed by atoms with Gasteiger partial charge in [0.2, 0.25) is 0 Å². The Morgan fingerprint density at radius 1 is 1.27 bits per heavy atom. The number of nitrogens with one attached hydrogen (secondary N) is 1. The van der Waals surface area contributed by atoms with Crippen LogP contribution in [0, 0.1) is 11.4 Å². The Kier molecular flexibility index (Phi) is 4.16. The predicted octanol–water partition coefficient (Wildman–Crippen LogP) is 0.143. The molecule has 4 rings (SSSR count). The number of carbonyl (C=O) groups excluding carboxylic acids is 2. The van der Waals surface area contributed by atoms with E-state index in [-0.39, 0.29) is 11.8 Å². The number of hydrogen-bond donors (Lipinski definition) is 2. The van der Waals surface area contributed by atoms with Crippen LogP contribution in [0.3, 0.4) is 0 Å². The molecule has 1 amide bonds. The van der Waals surface area contributed by atoms with E-state index in [1.807, 2.05) is 47.1 Å². The van der Waals surface area contributed by atoms with E-state index in [1.165, 1.54) is 15.9 Å². The molecule has 0 aliphatic carbocycles. The molecule has 1 aliphatic heterocycles. The maximum absolute atomic E-state index is 13.1. The molecule has 6 nitrogen and oxygen atoms in total. The third kappa shape index (κ3) is 2.73. The molecule has 3 aromatic rings. The number of quaternary nitrogens is 1. The number of ketones is 1. The monoisotopic (exact) mass is 364 g/mol. The Bertz CT molecular complexity index is 1010. The minimum atomic E-state index is -0.276. The molecule has 2 aromatic heterocycles. The van der Waals surface area contributed by atoms with E-state index < -0.39 is 0 Å². The molecule has 1 aliphatic rings. The van der Waals surface area contributed by atoms with Crippen LogP contribution in [0.1, 0.15) is 15.9 Å². The smallest absolute Gasteiger partial charge is 0.345 e. The van der Waals surface area contributed by atoms with Crippen molar-refractivity contribution in [1.29, 1.82) is 0 Å². The molecule has 0 saturated carbocycles. The number of rotatable bonds is 3. The SMILES string of the molecule is CNC(=O)[n+]1cc(C(=O)[C-]2C=[S+][C-](c3cccnc3)[NH2+]2)c2cccc[c-]21. The van der Waals surface area contributed by atoms with Crippen molar-refractivity contribution in [3.05, 3.63) is 77.5 Å². The number of Topliss-reactive ketones (excluding diaryl/α,β-unsaturated/α-hetero) is 1. The van der Waals surface area contributed by atoms with Gasteiger partial charge in [-0.1, -0.05) is 23.7 Å². The first-order valence-electron chi connectivity index (χ1n) is 8.05. The van der Waals surface area contributed by atoms with E-state index in [2.05, 4.69) is 10.3 Å². The zero-order valence-electron chi connectivity index (χ0n) is 14.0. The van der Waals surface area contributed by atoms with Crippen LogP contribution in [0.4, 0.5) is 4.79 Å². The molecule has 7 heteroatoms. The Hall–Kier alpha value is -3.16. The number of nitrogens with zero attached hydrogens (tertiary/aromatic N) is 2. The third-order valence-corrected chi connectivity index (χ3v) is 5.18. The Morgan fingerprint density at radius 2 is 2.15 bits per heavy atom. The molecule has 0 fully saturated rings. The fraction of sp³-hybridized carbons (Fsp3) is 0.0526.